The molecule has 1 aliphatic rings. The molecule has 0 spiro atoms. The van der Waals surface area contributed by atoms with Crippen LogP contribution in [0, 0.1) is 0 Å². The second-order valence-corrected chi connectivity index (χ2v) is 4.82. The van der Waals surface area contributed by atoms with Crippen LogP contribution in [0.1, 0.15) is 12.0 Å². The first kappa shape index (κ1) is 14.3. The fraction of sp³-hybridized carbons (Fsp3) is 0.500. The van der Waals surface area contributed by atoms with Gasteiger partial charge < -0.3 is 10.1 Å². The lowest BCUT2D eigenvalue weighted by atomic mass is 10.2. The summed E-state index contributed by atoms with van der Waals surface area (Å²) in [6, 6.07) is 10.4. The van der Waals surface area contributed by atoms with Gasteiger partial charge in [-0.05, 0) is 25.1 Å². The summed E-state index contributed by atoms with van der Waals surface area (Å²) in [5, 5.41) is 3.45. The highest BCUT2D eigenvalue weighted by Gasteiger charge is 2.08. The van der Waals surface area contributed by atoms with Crippen molar-refractivity contribution in [2.75, 3.05) is 45.9 Å². The van der Waals surface area contributed by atoms with Gasteiger partial charge in [-0.3, -0.25) is 4.90 Å². The van der Waals surface area contributed by atoms with Crippen LogP contribution in [0.2, 0.25) is 0 Å². The van der Waals surface area contributed by atoms with Crippen LogP contribution >= 0.6 is 0 Å². The molecule has 0 amide bonds. The quantitative estimate of drug-likeness (QED) is 0.759. The lowest BCUT2D eigenvalue weighted by molar-refractivity contribution is 0.0375. The van der Waals surface area contributed by atoms with E-state index in [9.17, 15) is 0 Å². The van der Waals surface area contributed by atoms with E-state index in [1.165, 1.54) is 18.5 Å². The molecule has 0 radical (unpaired) electrons. The lowest BCUT2D eigenvalue weighted by Crippen LogP contribution is -2.37. The molecule has 1 fully saturated rings. The summed E-state index contributed by atoms with van der Waals surface area (Å²) in [5.41, 5.74) is 1.26. The van der Waals surface area contributed by atoms with E-state index in [0.29, 0.717) is 0 Å². The number of nitrogens with one attached hydrogen (secondary N) is 1. The monoisotopic (exact) mass is 260 g/mol. The zero-order chi connectivity index (χ0) is 13.2. The average molecular weight is 260 g/mol. The SMILES string of the molecule is C(=C/c1ccccc1)/CNCCCN1CCOCC1. The van der Waals surface area contributed by atoms with E-state index in [1.54, 1.807) is 0 Å². The van der Waals surface area contributed by atoms with Gasteiger partial charge in [0.1, 0.15) is 0 Å². The minimum atomic E-state index is 0.896. The van der Waals surface area contributed by atoms with Crippen molar-refractivity contribution in [3.63, 3.8) is 0 Å². The van der Waals surface area contributed by atoms with Crippen LogP contribution < -0.4 is 5.32 Å². The molecule has 1 heterocycles. The molecular weight excluding hydrogens is 236 g/mol. The molecular formula is C16H24N2O. The van der Waals surface area contributed by atoms with Crippen LogP contribution in [0.4, 0.5) is 0 Å². The largest absolute Gasteiger partial charge is 0.379 e. The number of morpholine rings is 1. The van der Waals surface area contributed by atoms with Gasteiger partial charge in [0.15, 0.2) is 0 Å². The van der Waals surface area contributed by atoms with Gasteiger partial charge >= 0.3 is 0 Å². The predicted octanol–water partition coefficient (Wildman–Crippen LogP) is 2.01. The van der Waals surface area contributed by atoms with Crippen LogP contribution in [-0.4, -0.2) is 50.8 Å². The zero-order valence-corrected chi connectivity index (χ0v) is 11.6. The van der Waals surface area contributed by atoms with Gasteiger partial charge in [0, 0.05) is 19.6 Å². The van der Waals surface area contributed by atoms with E-state index in [4.69, 9.17) is 4.74 Å². The number of nitrogens with zero attached hydrogens (tertiary/aromatic N) is 1. The minimum Gasteiger partial charge on any atom is -0.379 e. The van der Waals surface area contributed by atoms with Gasteiger partial charge in [0.2, 0.25) is 0 Å². The van der Waals surface area contributed by atoms with Crippen LogP contribution in [0.5, 0.6) is 0 Å². The topological polar surface area (TPSA) is 24.5 Å². The Morgan fingerprint density at radius 3 is 2.74 bits per heavy atom. The van der Waals surface area contributed by atoms with Crippen LogP contribution in [-0.2, 0) is 4.74 Å². The maximum Gasteiger partial charge on any atom is 0.0594 e. The molecule has 0 unspecified atom stereocenters. The normalized spacial score (nSPS) is 17.1. The van der Waals surface area contributed by atoms with E-state index in [2.05, 4.69) is 46.6 Å². The third kappa shape index (κ3) is 6.01. The maximum atomic E-state index is 5.33. The summed E-state index contributed by atoms with van der Waals surface area (Å²) in [4.78, 5) is 2.48. The zero-order valence-electron chi connectivity index (χ0n) is 11.6. The van der Waals surface area contributed by atoms with Gasteiger partial charge in [0.05, 0.1) is 13.2 Å². The molecule has 19 heavy (non-hydrogen) atoms. The molecule has 0 bridgehead atoms. The molecule has 0 saturated carbocycles. The number of rotatable bonds is 7. The molecule has 1 saturated heterocycles. The summed E-state index contributed by atoms with van der Waals surface area (Å²) in [5.74, 6) is 0. The predicted molar refractivity (Wildman–Crippen MR) is 80.2 cm³/mol. The van der Waals surface area contributed by atoms with Crippen LogP contribution in [0.15, 0.2) is 36.4 Å². The Hall–Kier alpha value is -1.16. The van der Waals surface area contributed by atoms with E-state index in [1.807, 2.05) is 6.07 Å². The standard InChI is InChI=1S/C16H24N2O/c1-2-6-16(7-3-1)8-4-9-17-10-5-11-18-12-14-19-15-13-18/h1-4,6-8,17H,5,9-15H2/b8-4-. The Bertz CT molecular complexity index is 358. The first-order valence-corrected chi connectivity index (χ1v) is 7.17. The lowest BCUT2D eigenvalue weighted by Gasteiger charge is -2.26. The number of hydrogen-bond acceptors (Lipinski definition) is 3. The molecule has 1 aromatic carbocycles. The van der Waals surface area contributed by atoms with Gasteiger partial charge in [-0.2, -0.15) is 0 Å². The third-order valence-electron chi connectivity index (χ3n) is 3.30. The Balaban J connectivity index is 1.49. The molecule has 1 aromatic rings. The smallest absolute Gasteiger partial charge is 0.0594 e. The Morgan fingerprint density at radius 2 is 1.95 bits per heavy atom. The van der Waals surface area contributed by atoms with Crippen molar-refractivity contribution in [3.8, 4) is 0 Å². The molecule has 1 N–H and O–H groups in total. The van der Waals surface area contributed by atoms with Crippen LogP contribution in [0.3, 0.4) is 0 Å². The molecule has 1 aliphatic heterocycles. The van der Waals surface area contributed by atoms with Gasteiger partial charge in [-0.15, -0.1) is 0 Å². The Labute approximate surface area is 116 Å². The van der Waals surface area contributed by atoms with Crippen molar-refractivity contribution in [2.45, 2.75) is 6.42 Å². The summed E-state index contributed by atoms with van der Waals surface area (Å²) in [7, 11) is 0. The highest BCUT2D eigenvalue weighted by Crippen LogP contribution is 2.00. The van der Waals surface area contributed by atoms with Crippen molar-refractivity contribution >= 4 is 6.08 Å². The minimum absolute atomic E-state index is 0.896. The third-order valence-corrected chi connectivity index (χ3v) is 3.30. The van der Waals surface area contributed by atoms with Crippen molar-refractivity contribution in [1.29, 1.82) is 0 Å². The second-order valence-electron chi connectivity index (χ2n) is 4.82. The summed E-state index contributed by atoms with van der Waals surface area (Å²) < 4.78 is 5.33. The second kappa shape index (κ2) is 8.86. The first-order chi connectivity index (χ1) is 9.45. The van der Waals surface area contributed by atoms with E-state index >= 15 is 0 Å². The van der Waals surface area contributed by atoms with Gasteiger partial charge in [-0.1, -0.05) is 42.5 Å². The molecule has 3 nitrogen and oxygen atoms in total. The molecule has 2 rings (SSSR count). The average Bonchev–Trinajstić information content (AvgIpc) is 2.48. The summed E-state index contributed by atoms with van der Waals surface area (Å²) in [6.45, 7) is 7.18. The van der Waals surface area contributed by atoms with Crippen molar-refractivity contribution in [2.24, 2.45) is 0 Å². The highest BCUT2D eigenvalue weighted by atomic mass is 16.5. The van der Waals surface area contributed by atoms with E-state index in [-0.39, 0.29) is 0 Å². The number of benzene rings is 1. The molecule has 0 aliphatic carbocycles. The van der Waals surface area contributed by atoms with Gasteiger partial charge in [0.25, 0.3) is 0 Å². The van der Waals surface area contributed by atoms with E-state index < -0.39 is 0 Å². The fourth-order valence-electron chi connectivity index (χ4n) is 2.20. The van der Waals surface area contributed by atoms with E-state index in [0.717, 1.165) is 39.4 Å². The van der Waals surface area contributed by atoms with Crippen molar-refractivity contribution < 1.29 is 4.74 Å². The summed E-state index contributed by atoms with van der Waals surface area (Å²) in [6.07, 6.45) is 5.55. The molecule has 0 atom stereocenters. The number of hydrogen-bond donors (Lipinski definition) is 1. The molecule has 104 valence electrons. The number of ether oxygens (including phenoxy) is 1. The molecule has 3 heteroatoms. The van der Waals surface area contributed by atoms with Gasteiger partial charge in [-0.25, -0.2) is 0 Å². The van der Waals surface area contributed by atoms with Crippen molar-refractivity contribution in [3.05, 3.63) is 42.0 Å². The Morgan fingerprint density at radius 1 is 1.16 bits per heavy atom. The fourth-order valence-corrected chi connectivity index (χ4v) is 2.20. The molecule has 0 aromatic heterocycles. The highest BCUT2D eigenvalue weighted by molar-refractivity contribution is 5.48. The maximum absolute atomic E-state index is 5.33. The Kier molecular flexibility index (Phi) is 6.65. The van der Waals surface area contributed by atoms with Crippen LogP contribution in [0.25, 0.3) is 6.08 Å². The van der Waals surface area contributed by atoms with Crippen molar-refractivity contribution in [1.82, 2.24) is 10.2 Å². The first-order valence-electron chi connectivity index (χ1n) is 7.17. The summed E-state index contributed by atoms with van der Waals surface area (Å²) >= 11 is 0.